The second kappa shape index (κ2) is 8.15. The highest BCUT2D eigenvalue weighted by atomic mass is 16.5. The zero-order valence-electron chi connectivity index (χ0n) is 14.6. The van der Waals surface area contributed by atoms with E-state index >= 15 is 0 Å². The van der Waals surface area contributed by atoms with Crippen LogP contribution in [0.5, 0.6) is 5.75 Å². The molecule has 0 aromatic heterocycles. The number of nitrogens with one attached hydrogen (secondary N) is 1. The van der Waals surface area contributed by atoms with Gasteiger partial charge in [-0.3, -0.25) is 4.79 Å². The number of hydrogen-bond acceptors (Lipinski definition) is 4. The maximum atomic E-state index is 12.7. The number of benzene rings is 2. The van der Waals surface area contributed by atoms with Crippen molar-refractivity contribution < 1.29 is 19.1 Å². The highest BCUT2D eigenvalue weighted by Gasteiger charge is 2.15. The van der Waals surface area contributed by atoms with E-state index in [0.717, 1.165) is 11.1 Å². The number of hydrogen-bond donors (Lipinski definition) is 1. The van der Waals surface area contributed by atoms with Gasteiger partial charge in [-0.05, 0) is 49.7 Å². The molecule has 0 aliphatic carbocycles. The minimum Gasteiger partial charge on any atom is -0.493 e. The normalized spacial score (nSPS) is 10.0. The van der Waals surface area contributed by atoms with Gasteiger partial charge >= 0.3 is 5.97 Å². The van der Waals surface area contributed by atoms with Gasteiger partial charge in [0, 0.05) is 5.69 Å². The lowest BCUT2D eigenvalue weighted by Crippen LogP contribution is -2.14. The first-order chi connectivity index (χ1) is 12.0. The van der Waals surface area contributed by atoms with Gasteiger partial charge in [0.2, 0.25) is 0 Å². The molecule has 0 saturated carbocycles. The van der Waals surface area contributed by atoms with Gasteiger partial charge in [-0.1, -0.05) is 24.3 Å². The molecule has 5 heteroatoms. The van der Waals surface area contributed by atoms with E-state index < -0.39 is 5.97 Å². The lowest BCUT2D eigenvalue weighted by molar-refractivity contribution is 0.0600. The molecule has 2 aromatic rings. The van der Waals surface area contributed by atoms with Gasteiger partial charge in [-0.15, -0.1) is 0 Å². The van der Waals surface area contributed by atoms with Crippen molar-refractivity contribution in [3.8, 4) is 5.75 Å². The molecule has 1 amide bonds. The number of esters is 1. The van der Waals surface area contributed by atoms with Gasteiger partial charge in [-0.2, -0.15) is 0 Å². The van der Waals surface area contributed by atoms with Crippen molar-refractivity contribution in [2.45, 2.75) is 13.8 Å². The number of rotatable bonds is 6. The maximum absolute atomic E-state index is 12.7. The van der Waals surface area contributed by atoms with E-state index in [4.69, 9.17) is 9.47 Å². The summed E-state index contributed by atoms with van der Waals surface area (Å²) in [5, 5.41) is 2.79. The van der Waals surface area contributed by atoms with Crippen molar-refractivity contribution in [3.05, 3.63) is 65.7 Å². The Morgan fingerprint density at radius 3 is 2.52 bits per heavy atom. The van der Waals surface area contributed by atoms with E-state index in [0.29, 0.717) is 29.2 Å². The van der Waals surface area contributed by atoms with Gasteiger partial charge < -0.3 is 14.8 Å². The Kier molecular flexibility index (Phi) is 5.95. The molecule has 0 fully saturated rings. The van der Waals surface area contributed by atoms with Crippen LogP contribution in [0.3, 0.4) is 0 Å². The summed E-state index contributed by atoms with van der Waals surface area (Å²) in [4.78, 5) is 24.3. The van der Waals surface area contributed by atoms with E-state index in [1.165, 1.54) is 7.11 Å². The zero-order valence-corrected chi connectivity index (χ0v) is 14.6. The Morgan fingerprint density at radius 2 is 1.88 bits per heavy atom. The molecule has 0 bridgehead atoms. The van der Waals surface area contributed by atoms with Crippen LogP contribution in [0, 0.1) is 0 Å². The summed E-state index contributed by atoms with van der Waals surface area (Å²) in [6, 6.07) is 11.9. The minimum atomic E-state index is -0.463. The molecular formula is C20H21NO4. The number of allylic oxidation sites excluding steroid dienone is 1. The topological polar surface area (TPSA) is 64.6 Å². The molecule has 2 aromatic carbocycles. The van der Waals surface area contributed by atoms with E-state index in [-0.39, 0.29) is 5.91 Å². The van der Waals surface area contributed by atoms with Gasteiger partial charge in [0.05, 0.1) is 24.8 Å². The van der Waals surface area contributed by atoms with Crippen molar-refractivity contribution in [2.24, 2.45) is 0 Å². The fraction of sp³-hybridized carbons (Fsp3) is 0.200. The molecule has 0 unspecified atom stereocenters. The van der Waals surface area contributed by atoms with Crippen LogP contribution < -0.4 is 10.1 Å². The van der Waals surface area contributed by atoms with Crippen molar-refractivity contribution in [2.75, 3.05) is 19.0 Å². The Morgan fingerprint density at radius 1 is 1.12 bits per heavy atom. The quantitative estimate of drug-likeness (QED) is 0.803. The molecule has 5 nitrogen and oxygen atoms in total. The number of methoxy groups -OCH3 is 1. The SMILES string of the molecule is C=C(C)c1ccc(OCC)c(C(=O)Nc2cccc(C(=O)OC)c2)c1. The highest BCUT2D eigenvalue weighted by Crippen LogP contribution is 2.25. The summed E-state index contributed by atoms with van der Waals surface area (Å²) in [6.45, 7) is 8.08. The van der Waals surface area contributed by atoms with Crippen molar-refractivity contribution >= 4 is 23.1 Å². The largest absolute Gasteiger partial charge is 0.493 e. The maximum Gasteiger partial charge on any atom is 0.337 e. The van der Waals surface area contributed by atoms with Crippen LogP contribution >= 0.6 is 0 Å². The monoisotopic (exact) mass is 339 g/mol. The van der Waals surface area contributed by atoms with Gasteiger partial charge in [0.15, 0.2) is 0 Å². The van der Waals surface area contributed by atoms with Crippen LogP contribution in [0.1, 0.15) is 40.1 Å². The summed E-state index contributed by atoms with van der Waals surface area (Å²) in [5.41, 5.74) is 2.98. The van der Waals surface area contributed by atoms with Crippen LogP contribution in [0.25, 0.3) is 5.57 Å². The lowest BCUT2D eigenvalue weighted by Gasteiger charge is -2.13. The van der Waals surface area contributed by atoms with Crippen LogP contribution in [-0.2, 0) is 4.74 Å². The summed E-state index contributed by atoms with van der Waals surface area (Å²) >= 11 is 0. The predicted octanol–water partition coefficient (Wildman–Crippen LogP) is 4.16. The molecule has 130 valence electrons. The standard InChI is InChI=1S/C20H21NO4/c1-5-25-18-10-9-14(13(2)3)12-17(18)19(22)21-16-8-6-7-15(11-16)20(23)24-4/h6-12H,2,5H2,1,3-4H3,(H,21,22). The molecule has 0 saturated heterocycles. The fourth-order valence-electron chi connectivity index (χ4n) is 2.29. The predicted molar refractivity (Wildman–Crippen MR) is 98.1 cm³/mol. The molecular weight excluding hydrogens is 318 g/mol. The number of ether oxygens (including phenoxy) is 2. The molecule has 25 heavy (non-hydrogen) atoms. The van der Waals surface area contributed by atoms with E-state index in [1.807, 2.05) is 19.9 Å². The lowest BCUT2D eigenvalue weighted by atomic mass is 10.0. The van der Waals surface area contributed by atoms with Gasteiger partial charge in [0.1, 0.15) is 5.75 Å². The Labute approximate surface area is 147 Å². The third-order valence-corrected chi connectivity index (χ3v) is 3.56. The summed E-state index contributed by atoms with van der Waals surface area (Å²) in [7, 11) is 1.31. The third-order valence-electron chi connectivity index (χ3n) is 3.56. The molecule has 2 rings (SSSR count). The van der Waals surface area contributed by atoms with Crippen molar-refractivity contribution in [1.82, 2.24) is 0 Å². The minimum absolute atomic E-state index is 0.325. The van der Waals surface area contributed by atoms with E-state index in [1.54, 1.807) is 36.4 Å². The second-order valence-electron chi connectivity index (χ2n) is 5.45. The van der Waals surface area contributed by atoms with Gasteiger partial charge in [0.25, 0.3) is 5.91 Å². The Hall–Kier alpha value is -3.08. The molecule has 0 heterocycles. The first kappa shape index (κ1) is 18.3. The molecule has 0 atom stereocenters. The zero-order chi connectivity index (χ0) is 18.4. The Balaban J connectivity index is 2.32. The summed E-state index contributed by atoms with van der Waals surface area (Å²) in [5.74, 6) is -0.293. The summed E-state index contributed by atoms with van der Waals surface area (Å²) in [6.07, 6.45) is 0. The van der Waals surface area contributed by atoms with Crippen molar-refractivity contribution in [1.29, 1.82) is 0 Å². The average molecular weight is 339 g/mol. The van der Waals surface area contributed by atoms with Crippen LogP contribution in [0.2, 0.25) is 0 Å². The van der Waals surface area contributed by atoms with Crippen LogP contribution in [0.15, 0.2) is 49.0 Å². The van der Waals surface area contributed by atoms with Crippen LogP contribution in [-0.4, -0.2) is 25.6 Å². The third kappa shape index (κ3) is 4.47. The van der Waals surface area contributed by atoms with Crippen molar-refractivity contribution in [3.63, 3.8) is 0 Å². The molecule has 0 aliphatic rings. The molecule has 0 spiro atoms. The first-order valence-electron chi connectivity index (χ1n) is 7.88. The van der Waals surface area contributed by atoms with Crippen LogP contribution in [0.4, 0.5) is 5.69 Å². The number of amides is 1. The Bertz CT molecular complexity index is 811. The number of carbonyl (C=O) groups excluding carboxylic acids is 2. The van der Waals surface area contributed by atoms with Gasteiger partial charge in [-0.25, -0.2) is 4.79 Å². The van der Waals surface area contributed by atoms with E-state index in [9.17, 15) is 9.59 Å². The number of carbonyl (C=O) groups is 2. The molecule has 0 radical (unpaired) electrons. The first-order valence-corrected chi connectivity index (χ1v) is 7.88. The highest BCUT2D eigenvalue weighted by molar-refractivity contribution is 6.07. The fourth-order valence-corrected chi connectivity index (χ4v) is 2.29. The number of anilines is 1. The van der Waals surface area contributed by atoms with E-state index in [2.05, 4.69) is 11.9 Å². The molecule has 1 N–H and O–H groups in total. The smallest absolute Gasteiger partial charge is 0.337 e. The second-order valence-corrected chi connectivity index (χ2v) is 5.45. The summed E-state index contributed by atoms with van der Waals surface area (Å²) < 4.78 is 10.2. The average Bonchev–Trinajstić information content (AvgIpc) is 2.61. The molecule has 0 aliphatic heterocycles.